The second-order valence-corrected chi connectivity index (χ2v) is 3.81. The third-order valence-electron chi connectivity index (χ3n) is 2.62. The van der Waals surface area contributed by atoms with Gasteiger partial charge < -0.3 is 10.3 Å². The summed E-state index contributed by atoms with van der Waals surface area (Å²) in [6.45, 7) is 2.77. The van der Waals surface area contributed by atoms with Crippen LogP contribution in [0.25, 0.3) is 0 Å². The number of rotatable bonds is 3. The molecule has 2 N–H and O–H groups in total. The lowest BCUT2D eigenvalue weighted by Crippen LogP contribution is -2.47. The average molecular weight is 215 g/mol. The molecular formula is C10H15F2N3. The number of aromatic nitrogens is 1. The highest BCUT2D eigenvalue weighted by atomic mass is 19.3. The third kappa shape index (κ3) is 2.54. The molecule has 5 heteroatoms. The number of hydrogen-bond donors (Lipinski definition) is 2. The molecule has 15 heavy (non-hydrogen) atoms. The number of hydrogen-bond acceptors (Lipinski definition) is 2. The van der Waals surface area contributed by atoms with E-state index in [1.807, 2.05) is 0 Å². The van der Waals surface area contributed by atoms with Crippen LogP contribution in [0, 0.1) is 0 Å². The monoisotopic (exact) mass is 215 g/mol. The molecular weight excluding hydrogens is 200 g/mol. The van der Waals surface area contributed by atoms with Gasteiger partial charge in [-0.25, -0.2) is 0 Å². The standard InChI is InChI=1S/C10H15F2N3/c11-10(12,9-2-1-3-14-9)8-15-6-4-13-5-7-15/h1-3,13-14H,4-8H2. The van der Waals surface area contributed by atoms with Crippen LogP contribution < -0.4 is 5.32 Å². The molecule has 1 saturated heterocycles. The Morgan fingerprint density at radius 2 is 2.07 bits per heavy atom. The fourth-order valence-corrected chi connectivity index (χ4v) is 1.79. The van der Waals surface area contributed by atoms with Gasteiger partial charge >= 0.3 is 0 Å². The molecule has 1 aromatic rings. The molecule has 2 rings (SSSR count). The summed E-state index contributed by atoms with van der Waals surface area (Å²) in [7, 11) is 0. The first-order valence-corrected chi connectivity index (χ1v) is 5.13. The highest BCUT2D eigenvalue weighted by Crippen LogP contribution is 2.27. The molecule has 0 amide bonds. The van der Waals surface area contributed by atoms with Gasteiger partial charge in [0.1, 0.15) is 0 Å². The Balaban J connectivity index is 1.97. The minimum Gasteiger partial charge on any atom is -0.360 e. The smallest absolute Gasteiger partial charge is 0.299 e. The molecule has 0 radical (unpaired) electrons. The van der Waals surface area contributed by atoms with Gasteiger partial charge in [-0.3, -0.25) is 4.90 Å². The summed E-state index contributed by atoms with van der Waals surface area (Å²) in [5.41, 5.74) is 0.000956. The minimum atomic E-state index is -2.78. The van der Waals surface area contributed by atoms with E-state index in [0.717, 1.165) is 13.1 Å². The maximum Gasteiger partial charge on any atom is 0.299 e. The fourth-order valence-electron chi connectivity index (χ4n) is 1.79. The molecule has 1 aliphatic heterocycles. The van der Waals surface area contributed by atoms with Crippen LogP contribution in [0.3, 0.4) is 0 Å². The Kier molecular flexibility index (Phi) is 3.02. The first kappa shape index (κ1) is 10.6. The van der Waals surface area contributed by atoms with Crippen molar-refractivity contribution < 1.29 is 8.78 Å². The van der Waals surface area contributed by atoms with Crippen LogP contribution in [-0.4, -0.2) is 42.6 Å². The van der Waals surface area contributed by atoms with Crippen LogP contribution in [0.1, 0.15) is 5.69 Å². The lowest BCUT2D eigenvalue weighted by molar-refractivity contribution is -0.0433. The first-order valence-electron chi connectivity index (χ1n) is 5.13. The molecule has 0 aliphatic carbocycles. The van der Waals surface area contributed by atoms with Crippen molar-refractivity contribution in [1.29, 1.82) is 0 Å². The summed E-state index contributed by atoms with van der Waals surface area (Å²) in [6, 6.07) is 3.03. The minimum absolute atomic E-state index is 0.000956. The van der Waals surface area contributed by atoms with Gasteiger partial charge in [0.15, 0.2) is 0 Å². The van der Waals surface area contributed by atoms with Crippen LogP contribution in [-0.2, 0) is 5.92 Å². The number of piperazine rings is 1. The van der Waals surface area contributed by atoms with Crippen molar-refractivity contribution in [3.63, 3.8) is 0 Å². The van der Waals surface area contributed by atoms with Gasteiger partial charge in [-0.2, -0.15) is 8.78 Å². The molecule has 2 heterocycles. The van der Waals surface area contributed by atoms with Gasteiger partial charge in [-0.1, -0.05) is 0 Å². The van der Waals surface area contributed by atoms with E-state index in [4.69, 9.17) is 0 Å². The summed E-state index contributed by atoms with van der Waals surface area (Å²) in [5.74, 6) is -2.78. The highest BCUT2D eigenvalue weighted by molar-refractivity contribution is 5.11. The van der Waals surface area contributed by atoms with Crippen molar-refractivity contribution in [1.82, 2.24) is 15.2 Å². The second kappa shape index (κ2) is 4.28. The fraction of sp³-hybridized carbons (Fsp3) is 0.600. The summed E-state index contributed by atoms with van der Waals surface area (Å²) >= 11 is 0. The lowest BCUT2D eigenvalue weighted by atomic mass is 10.2. The van der Waals surface area contributed by atoms with Crippen LogP contribution in [0.15, 0.2) is 18.3 Å². The van der Waals surface area contributed by atoms with Gasteiger partial charge in [0, 0.05) is 32.4 Å². The second-order valence-electron chi connectivity index (χ2n) is 3.81. The van der Waals surface area contributed by atoms with Crippen molar-refractivity contribution in [2.45, 2.75) is 5.92 Å². The maximum absolute atomic E-state index is 13.7. The molecule has 1 fully saturated rings. The Morgan fingerprint density at radius 3 is 2.67 bits per heavy atom. The molecule has 0 unspecified atom stereocenters. The lowest BCUT2D eigenvalue weighted by Gasteiger charge is -2.30. The zero-order valence-electron chi connectivity index (χ0n) is 8.47. The number of nitrogens with one attached hydrogen (secondary N) is 2. The number of H-pyrrole nitrogens is 1. The predicted molar refractivity (Wildman–Crippen MR) is 54.0 cm³/mol. The van der Waals surface area contributed by atoms with E-state index in [2.05, 4.69) is 10.3 Å². The average Bonchev–Trinajstić information content (AvgIpc) is 2.71. The van der Waals surface area contributed by atoms with Crippen LogP contribution >= 0.6 is 0 Å². The third-order valence-corrected chi connectivity index (χ3v) is 2.62. The van der Waals surface area contributed by atoms with E-state index in [0.29, 0.717) is 13.1 Å². The topological polar surface area (TPSA) is 31.1 Å². The van der Waals surface area contributed by atoms with Gasteiger partial charge in [0.25, 0.3) is 5.92 Å². The molecule has 0 aromatic carbocycles. The SMILES string of the molecule is FC(F)(CN1CCNCC1)c1ccc[nH]1. The number of alkyl halides is 2. The van der Waals surface area contributed by atoms with Crippen molar-refractivity contribution in [2.24, 2.45) is 0 Å². The highest BCUT2D eigenvalue weighted by Gasteiger charge is 2.35. The van der Waals surface area contributed by atoms with Crippen LogP contribution in [0.4, 0.5) is 8.78 Å². The first-order chi connectivity index (χ1) is 7.18. The largest absolute Gasteiger partial charge is 0.360 e. The molecule has 1 aliphatic rings. The molecule has 0 spiro atoms. The maximum atomic E-state index is 13.7. The number of halogens is 2. The summed E-state index contributed by atoms with van der Waals surface area (Å²) in [4.78, 5) is 4.36. The quantitative estimate of drug-likeness (QED) is 0.788. The van der Waals surface area contributed by atoms with Crippen molar-refractivity contribution in [3.8, 4) is 0 Å². The van der Waals surface area contributed by atoms with E-state index in [9.17, 15) is 8.78 Å². The van der Waals surface area contributed by atoms with Crippen LogP contribution in [0.2, 0.25) is 0 Å². The van der Waals surface area contributed by atoms with Crippen molar-refractivity contribution in [2.75, 3.05) is 32.7 Å². The van der Waals surface area contributed by atoms with Crippen molar-refractivity contribution >= 4 is 0 Å². The van der Waals surface area contributed by atoms with E-state index < -0.39 is 5.92 Å². The Hall–Kier alpha value is -0.940. The van der Waals surface area contributed by atoms with Gasteiger partial charge in [0.05, 0.1) is 12.2 Å². The normalized spacial score (nSPS) is 19.3. The van der Waals surface area contributed by atoms with Crippen LogP contribution in [0.5, 0.6) is 0 Å². The molecule has 84 valence electrons. The molecule has 3 nitrogen and oxygen atoms in total. The predicted octanol–water partition coefficient (Wildman–Crippen LogP) is 1.01. The summed E-state index contributed by atoms with van der Waals surface area (Å²) < 4.78 is 27.4. The van der Waals surface area contributed by atoms with E-state index in [1.165, 1.54) is 12.3 Å². The van der Waals surface area contributed by atoms with Crippen molar-refractivity contribution in [3.05, 3.63) is 24.0 Å². The summed E-state index contributed by atoms with van der Waals surface area (Å²) in [6.07, 6.45) is 1.53. The zero-order chi connectivity index (χ0) is 10.7. The Bertz CT molecular complexity index is 292. The molecule has 1 aromatic heterocycles. The number of aromatic amines is 1. The Morgan fingerprint density at radius 1 is 1.33 bits per heavy atom. The Labute approximate surface area is 87.5 Å². The molecule has 0 bridgehead atoms. The van der Waals surface area contributed by atoms with E-state index in [-0.39, 0.29) is 12.2 Å². The van der Waals surface area contributed by atoms with E-state index >= 15 is 0 Å². The molecule has 0 atom stereocenters. The van der Waals surface area contributed by atoms with Gasteiger partial charge in [0.2, 0.25) is 0 Å². The van der Waals surface area contributed by atoms with Gasteiger partial charge in [-0.15, -0.1) is 0 Å². The molecule has 0 saturated carbocycles. The summed E-state index contributed by atoms with van der Waals surface area (Å²) in [5, 5.41) is 3.14. The van der Waals surface area contributed by atoms with Gasteiger partial charge in [-0.05, 0) is 12.1 Å². The van der Waals surface area contributed by atoms with E-state index in [1.54, 1.807) is 11.0 Å². The number of nitrogens with zero attached hydrogens (tertiary/aromatic N) is 1. The zero-order valence-corrected chi connectivity index (χ0v) is 8.47.